The highest BCUT2D eigenvalue weighted by atomic mass is 79.9. The minimum absolute atomic E-state index is 0.455. The maximum absolute atomic E-state index is 4.59. The summed E-state index contributed by atoms with van der Waals surface area (Å²) >= 11 is 3.46. The molecular weight excluding hydrogens is 302 g/mol. The minimum Gasteiger partial charge on any atom is -0.323 e. The van der Waals surface area contributed by atoms with Crippen molar-refractivity contribution in [2.75, 3.05) is 4.90 Å². The van der Waals surface area contributed by atoms with Gasteiger partial charge in [-0.15, -0.1) is 0 Å². The lowest BCUT2D eigenvalue weighted by Gasteiger charge is -2.36. The van der Waals surface area contributed by atoms with Crippen molar-refractivity contribution >= 4 is 27.4 Å². The number of fused-ring (bicyclic) bond motifs is 1. The summed E-state index contributed by atoms with van der Waals surface area (Å²) in [5.74, 6) is 1.76. The van der Waals surface area contributed by atoms with Gasteiger partial charge in [-0.3, -0.25) is 0 Å². The van der Waals surface area contributed by atoms with Crippen molar-refractivity contribution < 1.29 is 0 Å². The van der Waals surface area contributed by atoms with Crippen LogP contribution in [0.1, 0.15) is 24.7 Å². The Morgan fingerprint density at radius 3 is 2.84 bits per heavy atom. The van der Waals surface area contributed by atoms with Crippen molar-refractivity contribution in [3.05, 3.63) is 46.3 Å². The van der Waals surface area contributed by atoms with Gasteiger partial charge in [0.1, 0.15) is 16.2 Å². The molecule has 2 heterocycles. The first kappa shape index (κ1) is 12.6. The Bertz CT molecular complexity index is 592. The number of nitrogens with zero attached hydrogens (tertiary/aromatic N) is 3. The van der Waals surface area contributed by atoms with Crippen molar-refractivity contribution in [3.8, 4) is 0 Å². The Morgan fingerprint density at radius 1 is 1.26 bits per heavy atom. The number of para-hydroxylation sites is 1. The number of hydrogen-bond acceptors (Lipinski definition) is 3. The van der Waals surface area contributed by atoms with E-state index in [0.717, 1.165) is 29.1 Å². The summed E-state index contributed by atoms with van der Waals surface area (Å²) in [6.07, 6.45) is 2.29. The lowest BCUT2D eigenvalue weighted by Crippen LogP contribution is -2.34. The van der Waals surface area contributed by atoms with Crippen molar-refractivity contribution in [1.82, 2.24) is 9.97 Å². The van der Waals surface area contributed by atoms with Gasteiger partial charge in [-0.2, -0.15) is 0 Å². The van der Waals surface area contributed by atoms with E-state index >= 15 is 0 Å². The lowest BCUT2D eigenvalue weighted by molar-refractivity contribution is 0.612. The molecule has 3 rings (SSSR count). The number of hydrogen-bond donors (Lipinski definition) is 0. The molecular formula is C15H16BrN3. The summed E-state index contributed by atoms with van der Waals surface area (Å²) in [5.41, 5.74) is 2.67. The van der Waals surface area contributed by atoms with Gasteiger partial charge in [-0.25, -0.2) is 9.97 Å². The zero-order valence-corrected chi connectivity index (χ0v) is 12.7. The normalized spacial score (nSPS) is 18.3. The molecule has 1 aliphatic rings. The van der Waals surface area contributed by atoms with E-state index in [1.165, 1.54) is 11.3 Å². The maximum Gasteiger partial charge on any atom is 0.138 e. The highest BCUT2D eigenvalue weighted by Crippen LogP contribution is 2.36. The minimum atomic E-state index is 0.455. The fourth-order valence-electron chi connectivity index (χ4n) is 2.68. The van der Waals surface area contributed by atoms with Gasteiger partial charge in [-0.05, 0) is 54.2 Å². The van der Waals surface area contributed by atoms with Gasteiger partial charge in [0.15, 0.2) is 0 Å². The molecule has 0 N–H and O–H groups in total. The van der Waals surface area contributed by atoms with E-state index in [4.69, 9.17) is 0 Å². The Labute approximate surface area is 121 Å². The van der Waals surface area contributed by atoms with Crippen LogP contribution in [0.15, 0.2) is 34.9 Å². The van der Waals surface area contributed by atoms with Gasteiger partial charge in [0.25, 0.3) is 0 Å². The Kier molecular flexibility index (Phi) is 3.27. The van der Waals surface area contributed by atoms with Gasteiger partial charge >= 0.3 is 0 Å². The SMILES string of the molecule is Cc1nc(Br)cc(N2c3ccccc3CCC2C)n1. The first-order chi connectivity index (χ1) is 9.15. The van der Waals surface area contributed by atoms with Crippen LogP contribution in [-0.2, 0) is 6.42 Å². The van der Waals surface area contributed by atoms with Crippen molar-refractivity contribution in [3.63, 3.8) is 0 Å². The van der Waals surface area contributed by atoms with Crippen molar-refractivity contribution in [2.24, 2.45) is 0 Å². The summed E-state index contributed by atoms with van der Waals surface area (Å²) in [7, 11) is 0. The average Bonchev–Trinajstić information content (AvgIpc) is 2.37. The molecule has 98 valence electrons. The molecule has 0 aliphatic carbocycles. The Balaban J connectivity index is 2.13. The Morgan fingerprint density at radius 2 is 2.05 bits per heavy atom. The fraction of sp³-hybridized carbons (Fsp3) is 0.333. The second-order valence-corrected chi connectivity index (χ2v) is 5.79. The molecule has 0 bridgehead atoms. The highest BCUT2D eigenvalue weighted by Gasteiger charge is 2.25. The topological polar surface area (TPSA) is 29.0 Å². The molecule has 0 radical (unpaired) electrons. The van der Waals surface area contributed by atoms with Crippen LogP contribution in [0.3, 0.4) is 0 Å². The third-order valence-electron chi connectivity index (χ3n) is 3.56. The average molecular weight is 318 g/mol. The quantitative estimate of drug-likeness (QED) is 0.744. The number of anilines is 2. The van der Waals surface area contributed by atoms with Gasteiger partial charge in [0, 0.05) is 17.8 Å². The molecule has 2 aromatic rings. The fourth-order valence-corrected chi connectivity index (χ4v) is 3.14. The number of aromatic nitrogens is 2. The molecule has 0 saturated carbocycles. The van der Waals surface area contributed by atoms with Crippen LogP contribution in [0.5, 0.6) is 0 Å². The summed E-state index contributed by atoms with van der Waals surface area (Å²) in [5, 5.41) is 0. The van der Waals surface area contributed by atoms with Crippen molar-refractivity contribution in [1.29, 1.82) is 0 Å². The molecule has 1 aliphatic heterocycles. The summed E-state index contributed by atoms with van der Waals surface area (Å²) in [4.78, 5) is 11.2. The van der Waals surface area contributed by atoms with E-state index in [0.29, 0.717) is 6.04 Å². The predicted octanol–water partition coefficient (Wildman–Crippen LogP) is 4.02. The van der Waals surface area contributed by atoms with Crippen LogP contribution in [0, 0.1) is 6.92 Å². The van der Waals surface area contributed by atoms with E-state index < -0.39 is 0 Å². The second-order valence-electron chi connectivity index (χ2n) is 4.98. The standard InChI is InChI=1S/C15H16BrN3/c1-10-7-8-12-5-3-4-6-13(12)19(10)15-9-14(16)17-11(2)18-15/h3-6,9-10H,7-8H2,1-2H3. The number of rotatable bonds is 1. The van der Waals surface area contributed by atoms with E-state index in [1.54, 1.807) is 0 Å². The summed E-state index contributed by atoms with van der Waals surface area (Å²) in [6, 6.07) is 11.0. The van der Waals surface area contributed by atoms with Crippen LogP contribution in [0.25, 0.3) is 0 Å². The molecule has 3 nitrogen and oxygen atoms in total. The molecule has 0 spiro atoms. The summed E-state index contributed by atoms with van der Waals surface area (Å²) in [6.45, 7) is 4.18. The third kappa shape index (κ3) is 2.37. The molecule has 1 atom stereocenters. The maximum atomic E-state index is 4.59. The monoisotopic (exact) mass is 317 g/mol. The molecule has 1 aromatic carbocycles. The number of benzene rings is 1. The molecule has 1 unspecified atom stereocenters. The van der Waals surface area contributed by atoms with Gasteiger partial charge < -0.3 is 4.90 Å². The molecule has 4 heteroatoms. The third-order valence-corrected chi connectivity index (χ3v) is 3.97. The molecule has 1 aromatic heterocycles. The van der Waals surface area contributed by atoms with Crippen LogP contribution in [0.4, 0.5) is 11.5 Å². The van der Waals surface area contributed by atoms with E-state index in [-0.39, 0.29) is 0 Å². The Hall–Kier alpha value is -1.42. The zero-order valence-electron chi connectivity index (χ0n) is 11.1. The zero-order chi connectivity index (χ0) is 13.4. The lowest BCUT2D eigenvalue weighted by atomic mass is 9.97. The van der Waals surface area contributed by atoms with E-state index in [2.05, 4.69) is 62.0 Å². The highest BCUT2D eigenvalue weighted by molar-refractivity contribution is 9.10. The van der Waals surface area contributed by atoms with Crippen LogP contribution < -0.4 is 4.90 Å². The second kappa shape index (κ2) is 4.93. The number of aryl methyl sites for hydroxylation is 2. The molecule has 0 saturated heterocycles. The van der Waals surface area contributed by atoms with Crippen LogP contribution in [-0.4, -0.2) is 16.0 Å². The van der Waals surface area contributed by atoms with Crippen LogP contribution in [0.2, 0.25) is 0 Å². The first-order valence-corrected chi connectivity index (χ1v) is 7.33. The van der Waals surface area contributed by atoms with Crippen molar-refractivity contribution in [2.45, 2.75) is 32.7 Å². The number of halogens is 1. The van der Waals surface area contributed by atoms with Gasteiger partial charge in [0.05, 0.1) is 0 Å². The smallest absolute Gasteiger partial charge is 0.138 e. The molecule has 0 fully saturated rings. The molecule has 0 amide bonds. The van der Waals surface area contributed by atoms with E-state index in [1.807, 2.05) is 13.0 Å². The predicted molar refractivity (Wildman–Crippen MR) is 80.8 cm³/mol. The van der Waals surface area contributed by atoms with Gasteiger partial charge in [0.2, 0.25) is 0 Å². The van der Waals surface area contributed by atoms with Crippen LogP contribution >= 0.6 is 15.9 Å². The van der Waals surface area contributed by atoms with Gasteiger partial charge in [-0.1, -0.05) is 18.2 Å². The summed E-state index contributed by atoms with van der Waals surface area (Å²) < 4.78 is 0.838. The largest absolute Gasteiger partial charge is 0.323 e. The first-order valence-electron chi connectivity index (χ1n) is 6.53. The van der Waals surface area contributed by atoms with E-state index in [9.17, 15) is 0 Å². The molecule has 19 heavy (non-hydrogen) atoms.